The van der Waals surface area contributed by atoms with Crippen molar-refractivity contribution >= 4 is 17.6 Å². The third-order valence-corrected chi connectivity index (χ3v) is 1.61. The SMILES string of the molecule is CC.COC(=O)c1cccc(CCl)n1. The highest BCUT2D eigenvalue weighted by Gasteiger charge is 2.06. The van der Waals surface area contributed by atoms with Crippen LogP contribution in [0, 0.1) is 0 Å². The molecular formula is C10H14ClNO2. The summed E-state index contributed by atoms with van der Waals surface area (Å²) in [7, 11) is 1.32. The van der Waals surface area contributed by atoms with Crippen molar-refractivity contribution in [1.82, 2.24) is 4.98 Å². The third-order valence-electron chi connectivity index (χ3n) is 1.34. The van der Waals surface area contributed by atoms with E-state index >= 15 is 0 Å². The number of ether oxygens (including phenoxy) is 1. The Morgan fingerprint density at radius 1 is 1.50 bits per heavy atom. The first-order valence-corrected chi connectivity index (χ1v) is 4.91. The van der Waals surface area contributed by atoms with Crippen LogP contribution >= 0.6 is 11.6 Å². The number of nitrogens with zero attached hydrogens (tertiary/aromatic N) is 1. The maximum atomic E-state index is 11.0. The summed E-state index contributed by atoms with van der Waals surface area (Å²) < 4.78 is 4.49. The lowest BCUT2D eigenvalue weighted by atomic mass is 10.3. The molecule has 0 aliphatic carbocycles. The highest BCUT2D eigenvalue weighted by molar-refractivity contribution is 6.16. The van der Waals surface area contributed by atoms with Crippen molar-refractivity contribution in [2.75, 3.05) is 7.11 Å². The molecular weight excluding hydrogens is 202 g/mol. The molecule has 78 valence electrons. The molecule has 0 amide bonds. The quantitative estimate of drug-likeness (QED) is 0.563. The average Bonchev–Trinajstić information content (AvgIpc) is 2.30. The molecule has 0 aromatic carbocycles. The Bertz CT molecular complexity index is 289. The fraction of sp³-hybridized carbons (Fsp3) is 0.400. The van der Waals surface area contributed by atoms with Crippen molar-refractivity contribution in [3.05, 3.63) is 29.6 Å². The van der Waals surface area contributed by atoms with Crippen LogP contribution in [-0.4, -0.2) is 18.1 Å². The van der Waals surface area contributed by atoms with Gasteiger partial charge in [-0.2, -0.15) is 0 Å². The van der Waals surface area contributed by atoms with Gasteiger partial charge in [0, 0.05) is 0 Å². The minimum atomic E-state index is -0.443. The van der Waals surface area contributed by atoms with Gasteiger partial charge in [0.15, 0.2) is 0 Å². The number of carbonyl (C=O) groups is 1. The first kappa shape index (κ1) is 12.9. The second-order valence-electron chi connectivity index (χ2n) is 2.14. The van der Waals surface area contributed by atoms with Gasteiger partial charge < -0.3 is 4.74 Å². The van der Waals surface area contributed by atoms with E-state index in [1.165, 1.54) is 7.11 Å². The minimum absolute atomic E-state index is 0.288. The Kier molecular flexibility index (Phi) is 6.76. The standard InChI is InChI=1S/C8H8ClNO2.C2H6/c1-12-8(11)7-4-2-3-6(5-9)10-7;1-2/h2-4H,5H2,1H3;1-2H3. The van der Waals surface area contributed by atoms with Crippen LogP contribution < -0.4 is 0 Å². The molecule has 0 saturated heterocycles. The largest absolute Gasteiger partial charge is 0.464 e. The molecule has 3 nitrogen and oxygen atoms in total. The van der Waals surface area contributed by atoms with Crippen molar-refractivity contribution in [3.63, 3.8) is 0 Å². The predicted octanol–water partition coefficient (Wildman–Crippen LogP) is 2.63. The molecule has 0 aliphatic heterocycles. The van der Waals surface area contributed by atoms with Gasteiger partial charge in [-0.05, 0) is 12.1 Å². The number of esters is 1. The Balaban J connectivity index is 0.000000791. The number of carbonyl (C=O) groups excluding carboxylic acids is 1. The lowest BCUT2D eigenvalue weighted by molar-refractivity contribution is 0.0594. The monoisotopic (exact) mass is 215 g/mol. The van der Waals surface area contributed by atoms with Gasteiger partial charge in [0.05, 0.1) is 18.7 Å². The van der Waals surface area contributed by atoms with Crippen molar-refractivity contribution in [1.29, 1.82) is 0 Å². The zero-order valence-electron chi connectivity index (χ0n) is 8.58. The molecule has 0 N–H and O–H groups in total. The number of alkyl halides is 1. The fourth-order valence-corrected chi connectivity index (χ4v) is 0.921. The number of hydrogen-bond donors (Lipinski definition) is 0. The second-order valence-corrected chi connectivity index (χ2v) is 2.41. The molecule has 0 unspecified atom stereocenters. The fourth-order valence-electron chi connectivity index (χ4n) is 0.772. The molecule has 0 atom stereocenters. The summed E-state index contributed by atoms with van der Waals surface area (Å²) in [6.45, 7) is 4.00. The molecule has 0 bridgehead atoms. The van der Waals surface area contributed by atoms with Crippen LogP contribution in [0.3, 0.4) is 0 Å². The van der Waals surface area contributed by atoms with E-state index in [0.29, 0.717) is 11.6 Å². The Morgan fingerprint density at radius 3 is 2.64 bits per heavy atom. The van der Waals surface area contributed by atoms with E-state index in [2.05, 4.69) is 9.72 Å². The molecule has 4 heteroatoms. The van der Waals surface area contributed by atoms with Gasteiger partial charge in [-0.25, -0.2) is 9.78 Å². The van der Waals surface area contributed by atoms with Crippen molar-refractivity contribution in [3.8, 4) is 0 Å². The molecule has 1 aromatic rings. The number of pyridine rings is 1. The summed E-state index contributed by atoms with van der Waals surface area (Å²) in [6.07, 6.45) is 0. The van der Waals surface area contributed by atoms with E-state index in [4.69, 9.17) is 11.6 Å². The molecule has 1 rings (SSSR count). The zero-order valence-corrected chi connectivity index (χ0v) is 9.34. The van der Waals surface area contributed by atoms with Gasteiger partial charge in [-0.15, -0.1) is 11.6 Å². The van der Waals surface area contributed by atoms with E-state index < -0.39 is 5.97 Å². The van der Waals surface area contributed by atoms with Crippen LogP contribution in [-0.2, 0) is 10.6 Å². The van der Waals surface area contributed by atoms with Crippen LogP contribution in [0.15, 0.2) is 18.2 Å². The molecule has 1 heterocycles. The Morgan fingerprint density at radius 2 is 2.14 bits per heavy atom. The van der Waals surface area contributed by atoms with Gasteiger partial charge in [0.25, 0.3) is 0 Å². The summed E-state index contributed by atoms with van der Waals surface area (Å²) in [4.78, 5) is 14.9. The zero-order chi connectivity index (χ0) is 11.0. The topological polar surface area (TPSA) is 39.2 Å². The number of methoxy groups -OCH3 is 1. The number of hydrogen-bond acceptors (Lipinski definition) is 3. The van der Waals surface area contributed by atoms with Crippen molar-refractivity contribution < 1.29 is 9.53 Å². The smallest absolute Gasteiger partial charge is 0.356 e. The molecule has 14 heavy (non-hydrogen) atoms. The highest BCUT2D eigenvalue weighted by Crippen LogP contribution is 2.03. The van der Waals surface area contributed by atoms with Gasteiger partial charge in [-0.3, -0.25) is 0 Å². The molecule has 0 spiro atoms. The van der Waals surface area contributed by atoms with Crippen LogP contribution in [0.1, 0.15) is 30.0 Å². The lowest BCUT2D eigenvalue weighted by Crippen LogP contribution is -2.04. The summed E-state index contributed by atoms with van der Waals surface area (Å²) in [6, 6.07) is 5.05. The first-order chi connectivity index (χ1) is 6.77. The van der Waals surface area contributed by atoms with Gasteiger partial charge >= 0.3 is 5.97 Å². The maximum absolute atomic E-state index is 11.0. The molecule has 0 aliphatic rings. The summed E-state index contributed by atoms with van der Waals surface area (Å²) >= 11 is 5.53. The third kappa shape index (κ3) is 3.75. The minimum Gasteiger partial charge on any atom is -0.464 e. The molecule has 0 radical (unpaired) electrons. The van der Waals surface area contributed by atoms with Crippen molar-refractivity contribution in [2.45, 2.75) is 19.7 Å². The summed E-state index contributed by atoms with van der Waals surface area (Å²) in [5.74, 6) is -0.146. The van der Waals surface area contributed by atoms with Gasteiger partial charge in [-0.1, -0.05) is 19.9 Å². The van der Waals surface area contributed by atoms with Crippen LogP contribution in [0.4, 0.5) is 0 Å². The summed E-state index contributed by atoms with van der Waals surface area (Å²) in [5.41, 5.74) is 0.954. The van der Waals surface area contributed by atoms with Gasteiger partial charge in [0.2, 0.25) is 0 Å². The van der Waals surface area contributed by atoms with Crippen LogP contribution in [0.5, 0.6) is 0 Å². The lowest BCUT2D eigenvalue weighted by Gasteiger charge is -1.99. The van der Waals surface area contributed by atoms with E-state index in [-0.39, 0.29) is 5.69 Å². The normalized spacial score (nSPS) is 8.57. The number of halogens is 1. The molecule has 0 saturated carbocycles. The van der Waals surface area contributed by atoms with E-state index in [1.807, 2.05) is 13.8 Å². The maximum Gasteiger partial charge on any atom is 0.356 e. The van der Waals surface area contributed by atoms with Crippen LogP contribution in [0.2, 0.25) is 0 Å². The Hall–Kier alpha value is -1.09. The average molecular weight is 216 g/mol. The van der Waals surface area contributed by atoms with E-state index in [1.54, 1.807) is 18.2 Å². The first-order valence-electron chi connectivity index (χ1n) is 4.38. The van der Waals surface area contributed by atoms with E-state index in [0.717, 1.165) is 0 Å². The predicted molar refractivity (Wildman–Crippen MR) is 56.5 cm³/mol. The van der Waals surface area contributed by atoms with Crippen molar-refractivity contribution in [2.24, 2.45) is 0 Å². The van der Waals surface area contributed by atoms with Gasteiger partial charge in [0.1, 0.15) is 5.69 Å². The number of rotatable bonds is 2. The highest BCUT2D eigenvalue weighted by atomic mass is 35.5. The molecule has 1 aromatic heterocycles. The Labute approximate surface area is 89.1 Å². The number of aromatic nitrogens is 1. The second kappa shape index (κ2) is 7.33. The molecule has 0 fully saturated rings. The summed E-state index contributed by atoms with van der Waals surface area (Å²) in [5, 5.41) is 0. The van der Waals surface area contributed by atoms with E-state index in [9.17, 15) is 4.79 Å². The van der Waals surface area contributed by atoms with Crippen LogP contribution in [0.25, 0.3) is 0 Å².